The molecular weight excluding hydrogens is 400 g/mol. The number of rotatable bonds is 4. The summed E-state index contributed by atoms with van der Waals surface area (Å²) in [6.07, 6.45) is 0. The maximum atomic E-state index is 10.3. The van der Waals surface area contributed by atoms with Crippen molar-refractivity contribution in [3.63, 3.8) is 0 Å². The number of hydrazone groups is 2. The van der Waals surface area contributed by atoms with Gasteiger partial charge in [0.05, 0.1) is 17.1 Å². The number of nitrogens with one attached hydrogen (secondary N) is 4. The first-order valence-electron chi connectivity index (χ1n) is 7.90. The standard InChI is InChI=1S/C17H20N6OS3/c1-9(20-22-16(26)18-3)10(2)21-23-17(27)19-15-12-7-5-4-6-11(12)14(25)8-13(15)24/h4-8,24-25H,1-3H3,(H2,18,22,26)(H2,19,23,27)/b20-9+,21-10+. The van der Waals surface area contributed by atoms with E-state index in [0.29, 0.717) is 27.1 Å². The van der Waals surface area contributed by atoms with Crippen LogP contribution in [0.2, 0.25) is 0 Å². The fourth-order valence-electron chi connectivity index (χ4n) is 2.10. The smallest absolute Gasteiger partial charge is 0.191 e. The van der Waals surface area contributed by atoms with Gasteiger partial charge >= 0.3 is 0 Å². The molecule has 0 aliphatic rings. The van der Waals surface area contributed by atoms with E-state index in [4.69, 9.17) is 24.4 Å². The van der Waals surface area contributed by atoms with Gasteiger partial charge in [0, 0.05) is 17.3 Å². The predicted octanol–water partition coefficient (Wildman–Crippen LogP) is 2.97. The van der Waals surface area contributed by atoms with Crippen molar-refractivity contribution >= 4 is 75.2 Å². The highest BCUT2D eigenvalue weighted by molar-refractivity contribution is 7.80. The Balaban J connectivity index is 2.12. The second-order valence-corrected chi connectivity index (χ2v) is 6.78. The lowest BCUT2D eigenvalue weighted by molar-refractivity contribution is 0.477. The van der Waals surface area contributed by atoms with Crippen molar-refractivity contribution in [3.05, 3.63) is 30.3 Å². The van der Waals surface area contributed by atoms with Gasteiger partial charge in [-0.3, -0.25) is 10.9 Å². The number of aromatic hydroxyl groups is 1. The van der Waals surface area contributed by atoms with Gasteiger partial charge < -0.3 is 15.7 Å². The molecule has 0 bridgehead atoms. The lowest BCUT2D eigenvalue weighted by Crippen LogP contribution is -2.30. The highest BCUT2D eigenvalue weighted by atomic mass is 32.1. The Bertz CT molecular complexity index is 942. The normalized spacial score (nSPS) is 11.9. The zero-order valence-electron chi connectivity index (χ0n) is 15.0. The van der Waals surface area contributed by atoms with Crippen LogP contribution in [0.25, 0.3) is 10.8 Å². The number of benzene rings is 2. The monoisotopic (exact) mass is 420 g/mol. The van der Waals surface area contributed by atoms with E-state index in [1.165, 1.54) is 0 Å². The largest absolute Gasteiger partial charge is 0.506 e. The molecule has 0 saturated carbocycles. The molecule has 0 radical (unpaired) electrons. The topological polar surface area (TPSA) is 93.1 Å². The molecule has 2 rings (SSSR count). The summed E-state index contributed by atoms with van der Waals surface area (Å²) >= 11 is 14.6. The van der Waals surface area contributed by atoms with Crippen molar-refractivity contribution in [2.45, 2.75) is 18.7 Å². The van der Waals surface area contributed by atoms with E-state index in [2.05, 4.69) is 44.3 Å². The average molecular weight is 421 g/mol. The van der Waals surface area contributed by atoms with Crippen LogP contribution in [-0.2, 0) is 0 Å². The van der Waals surface area contributed by atoms with Crippen LogP contribution in [0.1, 0.15) is 13.8 Å². The van der Waals surface area contributed by atoms with Crippen LogP contribution in [0.15, 0.2) is 45.4 Å². The summed E-state index contributed by atoms with van der Waals surface area (Å²) in [6.45, 7) is 3.56. The first-order chi connectivity index (χ1) is 12.8. The highest BCUT2D eigenvalue weighted by Gasteiger charge is 2.11. The van der Waals surface area contributed by atoms with E-state index in [0.717, 1.165) is 10.8 Å². The van der Waals surface area contributed by atoms with Gasteiger partial charge in [-0.05, 0) is 49.7 Å². The van der Waals surface area contributed by atoms with Crippen LogP contribution in [-0.4, -0.2) is 33.8 Å². The van der Waals surface area contributed by atoms with Crippen molar-refractivity contribution in [3.8, 4) is 5.75 Å². The molecule has 10 heteroatoms. The molecule has 0 atom stereocenters. The Kier molecular flexibility index (Phi) is 7.34. The quantitative estimate of drug-likeness (QED) is 0.149. The SMILES string of the molecule is CNC(=S)N/N=C(C)/C(C)=N/NC(=S)Nc1c(O)cc(S)c2ccccc12. The molecule has 7 nitrogen and oxygen atoms in total. The summed E-state index contributed by atoms with van der Waals surface area (Å²) in [5.41, 5.74) is 7.16. The fraction of sp³-hybridized carbons (Fsp3) is 0.176. The molecule has 0 unspecified atom stereocenters. The van der Waals surface area contributed by atoms with E-state index in [-0.39, 0.29) is 10.9 Å². The molecule has 142 valence electrons. The number of hydrogen-bond acceptors (Lipinski definition) is 6. The third-order valence-electron chi connectivity index (χ3n) is 3.64. The molecule has 2 aromatic rings. The summed E-state index contributed by atoms with van der Waals surface area (Å²) in [5.74, 6) is 0.0473. The summed E-state index contributed by atoms with van der Waals surface area (Å²) in [4.78, 5) is 0.681. The molecule has 27 heavy (non-hydrogen) atoms. The van der Waals surface area contributed by atoms with Crippen LogP contribution in [0.5, 0.6) is 5.75 Å². The Morgan fingerprint density at radius 2 is 1.56 bits per heavy atom. The average Bonchev–Trinajstić information content (AvgIpc) is 2.67. The molecule has 0 spiro atoms. The highest BCUT2D eigenvalue weighted by Crippen LogP contribution is 2.36. The number of fused-ring (bicyclic) bond motifs is 1. The number of phenolic OH excluding ortho intramolecular Hbond substituents is 1. The minimum absolute atomic E-state index is 0.0473. The first-order valence-corrected chi connectivity index (χ1v) is 9.17. The van der Waals surface area contributed by atoms with Gasteiger partial charge in [-0.2, -0.15) is 10.2 Å². The second-order valence-electron chi connectivity index (χ2n) is 5.49. The number of anilines is 1. The van der Waals surface area contributed by atoms with Gasteiger partial charge in [-0.25, -0.2) is 0 Å². The van der Waals surface area contributed by atoms with E-state index in [9.17, 15) is 5.11 Å². The van der Waals surface area contributed by atoms with Crippen molar-refractivity contribution in [1.29, 1.82) is 0 Å². The third-order valence-corrected chi connectivity index (χ3v) is 4.50. The molecule has 0 aliphatic heterocycles. The van der Waals surface area contributed by atoms with E-state index in [1.807, 2.05) is 24.3 Å². The van der Waals surface area contributed by atoms with Gasteiger partial charge in [-0.1, -0.05) is 24.3 Å². The van der Waals surface area contributed by atoms with Gasteiger partial charge in [-0.15, -0.1) is 12.6 Å². The lowest BCUT2D eigenvalue weighted by atomic mass is 10.1. The minimum atomic E-state index is 0.0473. The number of thiol groups is 1. The molecular formula is C17H20N6OS3. The maximum absolute atomic E-state index is 10.3. The first kappa shape index (κ1) is 20.9. The van der Waals surface area contributed by atoms with Crippen LogP contribution in [0.3, 0.4) is 0 Å². The molecule has 0 amide bonds. The summed E-state index contributed by atoms with van der Waals surface area (Å²) in [7, 11) is 1.70. The second kappa shape index (κ2) is 9.49. The molecule has 0 aliphatic carbocycles. The number of thiocarbonyl (C=S) groups is 2. The van der Waals surface area contributed by atoms with Gasteiger partial charge in [0.25, 0.3) is 0 Å². The Morgan fingerprint density at radius 3 is 2.15 bits per heavy atom. The summed E-state index contributed by atoms with van der Waals surface area (Å²) < 4.78 is 0. The van der Waals surface area contributed by atoms with Crippen molar-refractivity contribution in [2.75, 3.05) is 12.4 Å². The molecule has 5 N–H and O–H groups in total. The third kappa shape index (κ3) is 5.52. The van der Waals surface area contributed by atoms with Crippen LogP contribution < -0.4 is 21.5 Å². The van der Waals surface area contributed by atoms with E-state index < -0.39 is 0 Å². The Labute approximate surface area is 173 Å². The van der Waals surface area contributed by atoms with Crippen LogP contribution in [0, 0.1) is 0 Å². The zero-order chi connectivity index (χ0) is 20.0. The zero-order valence-corrected chi connectivity index (χ0v) is 17.5. The fourth-order valence-corrected chi connectivity index (χ4v) is 2.61. The van der Waals surface area contributed by atoms with E-state index >= 15 is 0 Å². The Hall–Kier alpha value is -2.43. The van der Waals surface area contributed by atoms with Crippen LogP contribution >= 0.6 is 37.1 Å². The Morgan fingerprint density at radius 1 is 1.00 bits per heavy atom. The molecule has 0 fully saturated rings. The maximum Gasteiger partial charge on any atom is 0.191 e. The number of hydrogen-bond donors (Lipinski definition) is 6. The van der Waals surface area contributed by atoms with Crippen molar-refractivity contribution in [1.82, 2.24) is 16.2 Å². The van der Waals surface area contributed by atoms with Crippen molar-refractivity contribution < 1.29 is 5.11 Å². The summed E-state index contributed by atoms with van der Waals surface area (Å²) in [5, 5.41) is 26.6. The predicted molar refractivity (Wildman–Crippen MR) is 123 cm³/mol. The van der Waals surface area contributed by atoms with Crippen LogP contribution in [0.4, 0.5) is 5.69 Å². The minimum Gasteiger partial charge on any atom is -0.506 e. The van der Waals surface area contributed by atoms with Gasteiger partial charge in [0.15, 0.2) is 10.2 Å². The molecule has 0 aromatic heterocycles. The number of nitrogens with zero attached hydrogens (tertiary/aromatic N) is 2. The number of phenols is 1. The van der Waals surface area contributed by atoms with Gasteiger partial charge in [0.1, 0.15) is 5.75 Å². The van der Waals surface area contributed by atoms with Gasteiger partial charge in [0.2, 0.25) is 0 Å². The van der Waals surface area contributed by atoms with Crippen molar-refractivity contribution in [2.24, 2.45) is 10.2 Å². The molecule has 0 saturated heterocycles. The summed E-state index contributed by atoms with van der Waals surface area (Å²) in [6, 6.07) is 9.15. The molecule has 0 heterocycles. The molecule has 2 aromatic carbocycles. The lowest BCUT2D eigenvalue weighted by Gasteiger charge is -2.14. The van der Waals surface area contributed by atoms with E-state index in [1.54, 1.807) is 27.0 Å².